The number of benzene rings is 1. The van der Waals surface area contributed by atoms with E-state index in [1.807, 2.05) is 0 Å². The molecule has 7 heteroatoms. The third-order valence-electron chi connectivity index (χ3n) is 3.13. The smallest absolute Gasteiger partial charge is 0.226 e. The van der Waals surface area contributed by atoms with E-state index in [1.54, 1.807) is 13.0 Å². The predicted octanol–water partition coefficient (Wildman–Crippen LogP) is 0.849. The molecule has 1 fully saturated rings. The summed E-state index contributed by atoms with van der Waals surface area (Å²) < 4.78 is 36.4. The first-order valence-electron chi connectivity index (χ1n) is 6.35. The van der Waals surface area contributed by atoms with Gasteiger partial charge < -0.3 is 10.6 Å². The van der Waals surface area contributed by atoms with E-state index in [1.165, 1.54) is 12.1 Å². The largest absolute Gasteiger partial charge is 0.324 e. The Bertz CT molecular complexity index is 616. The van der Waals surface area contributed by atoms with Gasteiger partial charge in [-0.1, -0.05) is 6.07 Å². The van der Waals surface area contributed by atoms with Crippen LogP contribution < -0.4 is 10.6 Å². The Balaban J connectivity index is 1.97. The van der Waals surface area contributed by atoms with Gasteiger partial charge in [0, 0.05) is 19.0 Å². The van der Waals surface area contributed by atoms with Gasteiger partial charge in [-0.2, -0.15) is 0 Å². The molecule has 2 rings (SSSR count). The molecule has 1 aliphatic rings. The highest BCUT2D eigenvalue weighted by Crippen LogP contribution is 2.16. The van der Waals surface area contributed by atoms with E-state index < -0.39 is 27.6 Å². The number of sulfone groups is 1. The van der Waals surface area contributed by atoms with Gasteiger partial charge in [-0.05, 0) is 24.6 Å². The van der Waals surface area contributed by atoms with Gasteiger partial charge >= 0.3 is 0 Å². The molecule has 1 aliphatic heterocycles. The quantitative estimate of drug-likeness (QED) is 0.868. The van der Waals surface area contributed by atoms with Crippen LogP contribution in [0.4, 0.5) is 10.1 Å². The van der Waals surface area contributed by atoms with Crippen molar-refractivity contribution in [3.05, 3.63) is 29.6 Å². The summed E-state index contributed by atoms with van der Waals surface area (Å²) in [5.74, 6) is -0.869. The number of halogens is 1. The van der Waals surface area contributed by atoms with Gasteiger partial charge in [-0.3, -0.25) is 4.79 Å². The number of hydrogen-bond donors (Lipinski definition) is 2. The standard InChI is InChI=1S/C13H17FN2O3S/c1-9-2-3-11(14)12(6-9)16-13(17)7-10-8-20(18,19)5-4-15-10/h2-3,6,10,15H,4-5,7-8H2,1H3,(H,16,17). The Morgan fingerprint density at radius 1 is 1.50 bits per heavy atom. The van der Waals surface area contributed by atoms with Crippen molar-refractivity contribution in [3.8, 4) is 0 Å². The highest BCUT2D eigenvalue weighted by Gasteiger charge is 2.26. The van der Waals surface area contributed by atoms with E-state index in [2.05, 4.69) is 10.6 Å². The Hall–Kier alpha value is -1.47. The van der Waals surface area contributed by atoms with E-state index in [4.69, 9.17) is 0 Å². The lowest BCUT2D eigenvalue weighted by Gasteiger charge is -2.23. The van der Waals surface area contributed by atoms with Gasteiger partial charge in [0.2, 0.25) is 5.91 Å². The summed E-state index contributed by atoms with van der Waals surface area (Å²) in [7, 11) is -3.08. The van der Waals surface area contributed by atoms with Crippen LogP contribution in [0.25, 0.3) is 0 Å². The monoisotopic (exact) mass is 300 g/mol. The Morgan fingerprint density at radius 2 is 2.25 bits per heavy atom. The van der Waals surface area contributed by atoms with Gasteiger partial charge in [0.15, 0.2) is 9.84 Å². The molecule has 1 aromatic rings. The summed E-state index contributed by atoms with van der Waals surface area (Å²) in [6.45, 7) is 2.14. The Morgan fingerprint density at radius 3 is 2.95 bits per heavy atom. The number of amides is 1. The predicted molar refractivity (Wildman–Crippen MR) is 74.8 cm³/mol. The van der Waals surface area contributed by atoms with Crippen molar-refractivity contribution in [2.75, 3.05) is 23.4 Å². The second-order valence-electron chi connectivity index (χ2n) is 5.00. The van der Waals surface area contributed by atoms with Crippen molar-refractivity contribution < 1.29 is 17.6 Å². The first-order chi connectivity index (χ1) is 9.35. The minimum Gasteiger partial charge on any atom is -0.324 e. The molecule has 0 radical (unpaired) electrons. The zero-order valence-corrected chi connectivity index (χ0v) is 12.0. The zero-order chi connectivity index (χ0) is 14.8. The minimum atomic E-state index is -3.08. The highest BCUT2D eigenvalue weighted by atomic mass is 32.2. The molecule has 1 atom stereocenters. The van der Waals surface area contributed by atoms with Crippen LogP contribution in [0.15, 0.2) is 18.2 Å². The second-order valence-corrected chi connectivity index (χ2v) is 7.23. The topological polar surface area (TPSA) is 75.3 Å². The van der Waals surface area contributed by atoms with E-state index in [9.17, 15) is 17.6 Å². The number of nitrogens with one attached hydrogen (secondary N) is 2. The molecular weight excluding hydrogens is 283 g/mol. The molecule has 1 unspecified atom stereocenters. The van der Waals surface area contributed by atoms with Crippen LogP contribution >= 0.6 is 0 Å². The normalized spacial score (nSPS) is 21.4. The van der Waals surface area contributed by atoms with Crippen LogP contribution in [0.3, 0.4) is 0 Å². The van der Waals surface area contributed by atoms with Crippen LogP contribution in [0.1, 0.15) is 12.0 Å². The summed E-state index contributed by atoms with van der Waals surface area (Å²) in [5.41, 5.74) is 0.953. The highest BCUT2D eigenvalue weighted by molar-refractivity contribution is 7.91. The third kappa shape index (κ3) is 4.01. The minimum absolute atomic E-state index is 0.00656. The Kier molecular flexibility index (Phi) is 4.39. The molecule has 1 heterocycles. The molecule has 0 saturated carbocycles. The van der Waals surface area contributed by atoms with Crippen molar-refractivity contribution in [3.63, 3.8) is 0 Å². The van der Waals surface area contributed by atoms with Gasteiger partial charge in [0.1, 0.15) is 5.82 Å². The van der Waals surface area contributed by atoms with Crippen LogP contribution in [0.2, 0.25) is 0 Å². The molecule has 110 valence electrons. The van der Waals surface area contributed by atoms with Crippen molar-refractivity contribution in [1.29, 1.82) is 0 Å². The molecule has 1 amide bonds. The average Bonchev–Trinajstić information content (AvgIpc) is 2.32. The van der Waals surface area contributed by atoms with Crippen molar-refractivity contribution in [1.82, 2.24) is 5.32 Å². The van der Waals surface area contributed by atoms with E-state index in [0.29, 0.717) is 6.54 Å². The van der Waals surface area contributed by atoms with Crippen LogP contribution in [0.5, 0.6) is 0 Å². The molecule has 1 aromatic carbocycles. The fourth-order valence-electron chi connectivity index (χ4n) is 2.16. The van der Waals surface area contributed by atoms with Crippen molar-refractivity contribution in [2.24, 2.45) is 0 Å². The van der Waals surface area contributed by atoms with Crippen LogP contribution in [-0.2, 0) is 14.6 Å². The molecule has 2 N–H and O–H groups in total. The molecule has 0 spiro atoms. The van der Waals surface area contributed by atoms with Gasteiger partial charge in [-0.25, -0.2) is 12.8 Å². The summed E-state index contributed by atoms with van der Waals surface area (Å²) >= 11 is 0. The maximum absolute atomic E-state index is 13.5. The van der Waals surface area contributed by atoms with Gasteiger partial charge in [0.25, 0.3) is 0 Å². The lowest BCUT2D eigenvalue weighted by molar-refractivity contribution is -0.116. The number of hydrogen-bond acceptors (Lipinski definition) is 4. The third-order valence-corrected chi connectivity index (χ3v) is 4.87. The summed E-state index contributed by atoms with van der Waals surface area (Å²) in [5, 5.41) is 5.46. The first-order valence-corrected chi connectivity index (χ1v) is 8.18. The van der Waals surface area contributed by atoms with Crippen LogP contribution in [-0.4, -0.2) is 38.4 Å². The average molecular weight is 300 g/mol. The number of carbonyl (C=O) groups excluding carboxylic acids is 1. The number of anilines is 1. The summed E-state index contributed by atoms with van der Waals surface area (Å²) in [6, 6.07) is 4.02. The van der Waals surface area contributed by atoms with Gasteiger partial charge in [-0.15, -0.1) is 0 Å². The van der Waals surface area contributed by atoms with Crippen molar-refractivity contribution >= 4 is 21.4 Å². The molecule has 0 bridgehead atoms. The molecule has 20 heavy (non-hydrogen) atoms. The molecule has 0 aliphatic carbocycles. The fraction of sp³-hybridized carbons (Fsp3) is 0.462. The zero-order valence-electron chi connectivity index (χ0n) is 11.1. The van der Waals surface area contributed by atoms with Crippen molar-refractivity contribution in [2.45, 2.75) is 19.4 Å². The van der Waals surface area contributed by atoms with E-state index in [0.717, 1.165) is 5.56 Å². The molecule has 5 nitrogen and oxygen atoms in total. The summed E-state index contributed by atoms with van der Waals surface area (Å²) in [6.07, 6.45) is 0.00656. The van der Waals surface area contributed by atoms with E-state index >= 15 is 0 Å². The number of aryl methyl sites for hydroxylation is 1. The number of carbonyl (C=O) groups is 1. The lowest BCUT2D eigenvalue weighted by Crippen LogP contribution is -2.46. The maximum atomic E-state index is 13.5. The van der Waals surface area contributed by atoms with Crippen LogP contribution in [0, 0.1) is 12.7 Å². The molecular formula is C13H17FN2O3S. The summed E-state index contributed by atoms with van der Waals surface area (Å²) in [4.78, 5) is 11.8. The Labute approximate surface area is 117 Å². The van der Waals surface area contributed by atoms with Gasteiger partial charge in [0.05, 0.1) is 17.2 Å². The molecule has 0 aromatic heterocycles. The molecule has 1 saturated heterocycles. The SMILES string of the molecule is Cc1ccc(F)c(NC(=O)CC2CS(=O)(=O)CCN2)c1. The fourth-order valence-corrected chi connectivity index (χ4v) is 3.60. The lowest BCUT2D eigenvalue weighted by atomic mass is 10.2. The second kappa shape index (κ2) is 5.88. The first kappa shape index (κ1) is 14.9. The number of rotatable bonds is 3. The van der Waals surface area contributed by atoms with E-state index in [-0.39, 0.29) is 23.6 Å². The maximum Gasteiger partial charge on any atom is 0.226 e.